The molecule has 0 aromatic heterocycles. The minimum Gasteiger partial charge on any atom is -0.493 e. The molecular weight excluding hydrogens is 250 g/mol. The summed E-state index contributed by atoms with van der Waals surface area (Å²) in [7, 11) is 0. The average Bonchev–Trinajstić information content (AvgIpc) is 2.47. The van der Waals surface area contributed by atoms with E-state index in [2.05, 4.69) is 38.2 Å². The number of hydrogen-bond acceptors (Lipinski definition) is 3. The number of benzene rings is 1. The minimum absolute atomic E-state index is 0.157. The number of unbranched alkanes of at least 4 members (excludes halogenated alkanes) is 1. The van der Waals surface area contributed by atoms with Crippen molar-refractivity contribution in [3.63, 3.8) is 0 Å². The van der Waals surface area contributed by atoms with Gasteiger partial charge in [0.15, 0.2) is 0 Å². The molecule has 0 spiro atoms. The van der Waals surface area contributed by atoms with Crippen molar-refractivity contribution in [3.05, 3.63) is 29.8 Å². The number of aryl methyl sites for hydroxylation is 1. The fourth-order valence-electron chi connectivity index (χ4n) is 2.39. The van der Waals surface area contributed by atoms with Crippen LogP contribution in [0.4, 0.5) is 0 Å². The van der Waals surface area contributed by atoms with Crippen molar-refractivity contribution in [1.29, 1.82) is 0 Å². The molecule has 114 valence electrons. The van der Waals surface area contributed by atoms with Crippen molar-refractivity contribution in [2.24, 2.45) is 0 Å². The summed E-state index contributed by atoms with van der Waals surface area (Å²) >= 11 is 0. The van der Waals surface area contributed by atoms with Crippen LogP contribution in [-0.2, 0) is 6.42 Å². The molecule has 1 aromatic carbocycles. The number of aliphatic hydroxyl groups excluding tert-OH is 1. The number of hydrogen-bond donors (Lipinski definition) is 2. The first-order valence-corrected chi connectivity index (χ1v) is 7.71. The molecule has 0 heterocycles. The number of nitrogens with one attached hydrogen (secondary N) is 1. The van der Waals surface area contributed by atoms with Crippen LogP contribution in [-0.4, -0.2) is 30.4 Å². The summed E-state index contributed by atoms with van der Waals surface area (Å²) in [6, 6.07) is 8.22. The van der Waals surface area contributed by atoms with Gasteiger partial charge >= 0.3 is 0 Å². The topological polar surface area (TPSA) is 41.5 Å². The van der Waals surface area contributed by atoms with Gasteiger partial charge in [0.25, 0.3) is 0 Å². The van der Waals surface area contributed by atoms with E-state index in [0.29, 0.717) is 0 Å². The molecule has 20 heavy (non-hydrogen) atoms. The molecule has 3 heteroatoms. The number of aliphatic hydroxyl groups is 1. The van der Waals surface area contributed by atoms with E-state index in [0.717, 1.165) is 44.6 Å². The first-order chi connectivity index (χ1) is 9.65. The summed E-state index contributed by atoms with van der Waals surface area (Å²) < 4.78 is 5.85. The van der Waals surface area contributed by atoms with Gasteiger partial charge in [0, 0.05) is 5.54 Å². The lowest BCUT2D eigenvalue weighted by Gasteiger charge is -2.28. The van der Waals surface area contributed by atoms with Gasteiger partial charge in [-0.1, -0.05) is 32.0 Å². The molecule has 0 fully saturated rings. The van der Waals surface area contributed by atoms with Crippen molar-refractivity contribution in [2.75, 3.05) is 19.8 Å². The number of ether oxygens (including phenoxy) is 1. The Balaban J connectivity index is 2.28. The smallest absolute Gasteiger partial charge is 0.122 e. The van der Waals surface area contributed by atoms with Crippen LogP contribution >= 0.6 is 0 Å². The van der Waals surface area contributed by atoms with E-state index in [1.165, 1.54) is 5.56 Å². The summed E-state index contributed by atoms with van der Waals surface area (Å²) in [5.74, 6) is 1.01. The highest BCUT2D eigenvalue weighted by Gasteiger charge is 2.20. The molecule has 0 aliphatic heterocycles. The van der Waals surface area contributed by atoms with E-state index >= 15 is 0 Å². The molecule has 0 saturated carbocycles. The summed E-state index contributed by atoms with van der Waals surface area (Å²) in [4.78, 5) is 0. The van der Waals surface area contributed by atoms with Crippen LogP contribution in [0.5, 0.6) is 5.75 Å². The van der Waals surface area contributed by atoms with Gasteiger partial charge in [-0.2, -0.15) is 0 Å². The summed E-state index contributed by atoms with van der Waals surface area (Å²) in [5.41, 5.74) is 1.11. The molecule has 0 amide bonds. The van der Waals surface area contributed by atoms with Crippen molar-refractivity contribution in [2.45, 2.75) is 52.0 Å². The Labute approximate surface area is 123 Å². The number of rotatable bonds is 10. The molecule has 0 saturated heterocycles. The first kappa shape index (κ1) is 17.0. The van der Waals surface area contributed by atoms with E-state index in [4.69, 9.17) is 4.74 Å². The maximum Gasteiger partial charge on any atom is 0.122 e. The highest BCUT2D eigenvalue weighted by molar-refractivity contribution is 5.33. The normalized spacial score (nSPS) is 14.0. The van der Waals surface area contributed by atoms with Gasteiger partial charge in [-0.15, -0.1) is 0 Å². The van der Waals surface area contributed by atoms with Gasteiger partial charge in [0.1, 0.15) is 5.75 Å². The zero-order valence-electron chi connectivity index (χ0n) is 13.1. The molecule has 0 aliphatic rings. The summed E-state index contributed by atoms with van der Waals surface area (Å²) in [5, 5.41) is 12.8. The third-order valence-corrected chi connectivity index (χ3v) is 3.69. The van der Waals surface area contributed by atoms with Crippen LogP contribution in [0.25, 0.3) is 0 Å². The van der Waals surface area contributed by atoms with Gasteiger partial charge in [-0.05, 0) is 50.8 Å². The van der Waals surface area contributed by atoms with Crippen molar-refractivity contribution < 1.29 is 9.84 Å². The molecule has 2 N–H and O–H groups in total. The van der Waals surface area contributed by atoms with Gasteiger partial charge in [-0.25, -0.2) is 0 Å². The predicted molar refractivity (Wildman–Crippen MR) is 84.3 cm³/mol. The fraction of sp³-hybridized carbons (Fsp3) is 0.647. The largest absolute Gasteiger partial charge is 0.493 e. The lowest BCUT2D eigenvalue weighted by atomic mass is 9.96. The van der Waals surface area contributed by atoms with Crippen LogP contribution in [0.2, 0.25) is 0 Å². The molecule has 0 radical (unpaired) electrons. The van der Waals surface area contributed by atoms with E-state index in [9.17, 15) is 5.11 Å². The van der Waals surface area contributed by atoms with Crippen LogP contribution in [0.3, 0.4) is 0 Å². The van der Waals surface area contributed by atoms with Crippen LogP contribution in [0, 0.1) is 0 Å². The second-order valence-electron chi connectivity index (χ2n) is 5.52. The van der Waals surface area contributed by atoms with Crippen LogP contribution in [0.1, 0.15) is 45.6 Å². The molecule has 1 aromatic rings. The van der Waals surface area contributed by atoms with E-state index < -0.39 is 0 Å². The zero-order chi connectivity index (χ0) is 14.8. The van der Waals surface area contributed by atoms with Crippen LogP contribution in [0.15, 0.2) is 24.3 Å². The molecule has 1 unspecified atom stereocenters. The Morgan fingerprint density at radius 1 is 1.20 bits per heavy atom. The van der Waals surface area contributed by atoms with Gasteiger partial charge in [-0.3, -0.25) is 0 Å². The zero-order valence-corrected chi connectivity index (χ0v) is 13.1. The summed E-state index contributed by atoms with van der Waals surface area (Å²) in [6.45, 7) is 8.09. The van der Waals surface area contributed by atoms with Crippen LogP contribution < -0.4 is 10.1 Å². The molecule has 0 bridgehead atoms. The SMILES string of the molecule is CCNC(C)(CO)CCCCOc1ccccc1CC. The Morgan fingerprint density at radius 3 is 2.60 bits per heavy atom. The predicted octanol–water partition coefficient (Wildman–Crippen LogP) is 3.16. The number of para-hydroxylation sites is 1. The van der Waals surface area contributed by atoms with Crippen molar-refractivity contribution >= 4 is 0 Å². The Bertz CT molecular complexity index is 381. The highest BCUT2D eigenvalue weighted by atomic mass is 16.5. The summed E-state index contributed by atoms with van der Waals surface area (Å²) in [6.07, 6.45) is 4.03. The fourth-order valence-corrected chi connectivity index (χ4v) is 2.39. The molecular formula is C17H29NO2. The van der Waals surface area contributed by atoms with E-state index in [1.807, 2.05) is 12.1 Å². The Hall–Kier alpha value is -1.06. The third kappa shape index (κ3) is 5.51. The minimum atomic E-state index is -0.157. The monoisotopic (exact) mass is 279 g/mol. The quantitative estimate of drug-likeness (QED) is 0.646. The second kappa shape index (κ2) is 8.98. The maximum absolute atomic E-state index is 9.43. The number of likely N-dealkylation sites (N-methyl/N-ethyl adjacent to an activating group) is 1. The average molecular weight is 279 g/mol. The molecule has 3 nitrogen and oxygen atoms in total. The van der Waals surface area contributed by atoms with Crippen molar-refractivity contribution in [1.82, 2.24) is 5.32 Å². The molecule has 1 atom stereocenters. The molecule has 1 rings (SSSR count). The van der Waals surface area contributed by atoms with Gasteiger partial charge < -0.3 is 15.2 Å². The lowest BCUT2D eigenvalue weighted by Crippen LogP contribution is -2.45. The maximum atomic E-state index is 9.43. The van der Waals surface area contributed by atoms with E-state index in [-0.39, 0.29) is 12.1 Å². The van der Waals surface area contributed by atoms with Crippen molar-refractivity contribution in [3.8, 4) is 5.75 Å². The van der Waals surface area contributed by atoms with E-state index in [1.54, 1.807) is 0 Å². The Morgan fingerprint density at radius 2 is 1.95 bits per heavy atom. The van der Waals surface area contributed by atoms with Gasteiger partial charge in [0.05, 0.1) is 13.2 Å². The highest BCUT2D eigenvalue weighted by Crippen LogP contribution is 2.19. The van der Waals surface area contributed by atoms with Gasteiger partial charge in [0.2, 0.25) is 0 Å². The molecule has 0 aliphatic carbocycles. The standard InChI is InChI=1S/C17H29NO2/c1-4-15-10-6-7-11-16(15)20-13-9-8-12-17(3,14-19)18-5-2/h6-7,10-11,18-19H,4-5,8-9,12-14H2,1-3H3. The third-order valence-electron chi connectivity index (χ3n) is 3.69. The lowest BCUT2D eigenvalue weighted by molar-refractivity contribution is 0.162. The first-order valence-electron chi connectivity index (χ1n) is 7.71. The Kier molecular flexibility index (Phi) is 7.63. The second-order valence-corrected chi connectivity index (χ2v) is 5.52.